The number of carbonyl (C=O) groups excluding carboxylic acids is 1. The molecule has 0 bridgehead atoms. The molecule has 1 heterocycles. The third-order valence-corrected chi connectivity index (χ3v) is 3.43. The monoisotopic (exact) mass is 353 g/mol. The summed E-state index contributed by atoms with van der Waals surface area (Å²) in [4.78, 5) is 16.1. The van der Waals surface area contributed by atoms with E-state index in [4.69, 9.17) is 16.5 Å². The molecule has 0 amide bonds. The number of ether oxygens (including phenoxy) is 1. The molecular weight excluding hydrogens is 338 g/mol. The second-order valence-electron chi connectivity index (χ2n) is 5.38. The lowest BCUT2D eigenvalue weighted by molar-refractivity contribution is -0.269. The van der Waals surface area contributed by atoms with E-state index in [0.717, 1.165) is 16.6 Å². The van der Waals surface area contributed by atoms with E-state index in [1.54, 1.807) is 24.4 Å². The first-order valence-electron chi connectivity index (χ1n) is 7.05. The van der Waals surface area contributed by atoms with Crippen molar-refractivity contribution in [3.8, 4) is 11.3 Å². The molecule has 0 atom stereocenters. The molecule has 4 nitrogen and oxygen atoms in total. The Bertz CT molecular complexity index is 784. The maximum Gasteiger partial charge on any atom is 0.338 e. The van der Waals surface area contributed by atoms with Crippen molar-refractivity contribution in [2.24, 2.45) is 0 Å². The molecule has 0 saturated carbocycles. The van der Waals surface area contributed by atoms with Gasteiger partial charge in [-0.05, 0) is 24.6 Å². The summed E-state index contributed by atoms with van der Waals surface area (Å²) in [5.41, 5.74) is 2.51. The Morgan fingerprint density at radius 2 is 2.04 bits per heavy atom. The molecule has 0 saturated heterocycles. The first kappa shape index (κ1) is 18.0. The molecule has 1 aromatic carbocycles. The van der Waals surface area contributed by atoms with Crippen molar-refractivity contribution in [3.63, 3.8) is 0 Å². The minimum Gasteiger partial charge on any atom is -0.465 e. The molecule has 0 spiro atoms. The van der Waals surface area contributed by atoms with Crippen LogP contribution in [0.1, 0.15) is 22.8 Å². The number of alkyl halides is 2. The summed E-state index contributed by atoms with van der Waals surface area (Å²) in [7, 11) is 1.24. The summed E-state index contributed by atoms with van der Waals surface area (Å²) in [6, 6.07) is 8.14. The number of hydrogen-bond acceptors (Lipinski definition) is 3. The molecule has 126 valence electrons. The van der Waals surface area contributed by atoms with Crippen LogP contribution in [-0.4, -0.2) is 34.3 Å². The van der Waals surface area contributed by atoms with E-state index >= 15 is 0 Å². The molecule has 2 rings (SSSR count). The van der Waals surface area contributed by atoms with E-state index < -0.39 is 11.9 Å². The minimum atomic E-state index is -3.11. The number of esters is 1. The normalized spacial score (nSPS) is 12.2. The quantitative estimate of drug-likeness (QED) is 0.465. The number of methoxy groups -OCH3 is 1. The van der Waals surface area contributed by atoms with Crippen LogP contribution in [0.15, 0.2) is 36.5 Å². The van der Waals surface area contributed by atoms with Gasteiger partial charge in [0.2, 0.25) is 11.9 Å². The third kappa shape index (κ3) is 4.58. The van der Waals surface area contributed by atoms with Crippen LogP contribution >= 0.6 is 11.8 Å². The SMILES string of the molecule is COC(=O)c1cc(-c2ccc(C)cn2)cc([N+](Cl)=CC(C)(F)F)c1. The lowest BCUT2D eigenvalue weighted by Crippen LogP contribution is -2.16. The number of nitrogens with zero attached hydrogens (tertiary/aromatic N) is 2. The number of benzene rings is 1. The highest BCUT2D eigenvalue weighted by atomic mass is 35.5. The zero-order chi connectivity index (χ0) is 17.9. The smallest absolute Gasteiger partial charge is 0.338 e. The van der Waals surface area contributed by atoms with Gasteiger partial charge < -0.3 is 4.74 Å². The van der Waals surface area contributed by atoms with E-state index in [2.05, 4.69) is 4.98 Å². The first-order valence-corrected chi connectivity index (χ1v) is 7.39. The Balaban J connectivity index is 2.59. The molecular formula is C17H16ClF2N2O2+. The lowest BCUT2D eigenvalue weighted by Gasteiger charge is -2.06. The molecule has 0 unspecified atom stereocenters. The average Bonchev–Trinajstić information content (AvgIpc) is 2.52. The Labute approximate surface area is 143 Å². The summed E-state index contributed by atoms with van der Waals surface area (Å²) in [6.07, 6.45) is 2.22. The maximum absolute atomic E-state index is 13.2. The molecule has 24 heavy (non-hydrogen) atoms. The Morgan fingerprint density at radius 1 is 1.33 bits per heavy atom. The molecule has 0 fully saturated rings. The molecule has 0 radical (unpaired) electrons. The fourth-order valence-electron chi connectivity index (χ4n) is 2.03. The number of hydrogen-bond donors (Lipinski definition) is 0. The van der Waals surface area contributed by atoms with Crippen LogP contribution in [0.3, 0.4) is 0 Å². The van der Waals surface area contributed by atoms with Crippen LogP contribution in [0.2, 0.25) is 0 Å². The van der Waals surface area contributed by atoms with Crippen molar-refractivity contribution in [1.82, 2.24) is 4.98 Å². The highest BCUT2D eigenvalue weighted by molar-refractivity contribution is 6.08. The predicted octanol–water partition coefficient (Wildman–Crippen LogP) is 4.37. The zero-order valence-corrected chi connectivity index (χ0v) is 14.1. The van der Waals surface area contributed by atoms with Gasteiger partial charge >= 0.3 is 11.9 Å². The average molecular weight is 354 g/mol. The van der Waals surface area contributed by atoms with Gasteiger partial charge in [-0.2, -0.15) is 8.78 Å². The van der Waals surface area contributed by atoms with Crippen LogP contribution in [0.4, 0.5) is 14.5 Å². The fourth-order valence-corrected chi connectivity index (χ4v) is 2.30. The van der Waals surface area contributed by atoms with Gasteiger partial charge in [-0.15, -0.1) is 0 Å². The van der Waals surface area contributed by atoms with Crippen molar-refractivity contribution in [2.75, 3.05) is 7.11 Å². The predicted molar refractivity (Wildman–Crippen MR) is 88.2 cm³/mol. The van der Waals surface area contributed by atoms with E-state index in [-0.39, 0.29) is 11.3 Å². The summed E-state index contributed by atoms with van der Waals surface area (Å²) >= 11 is 5.92. The van der Waals surface area contributed by atoms with E-state index in [1.165, 1.54) is 13.2 Å². The van der Waals surface area contributed by atoms with Crippen molar-refractivity contribution in [1.29, 1.82) is 0 Å². The van der Waals surface area contributed by atoms with Crippen molar-refractivity contribution < 1.29 is 22.4 Å². The second kappa shape index (κ2) is 7.05. The third-order valence-electron chi connectivity index (χ3n) is 3.13. The van der Waals surface area contributed by atoms with Gasteiger partial charge in [0.05, 0.1) is 18.4 Å². The van der Waals surface area contributed by atoms with Crippen LogP contribution in [0, 0.1) is 6.92 Å². The molecule has 2 aromatic rings. The summed E-state index contributed by atoms with van der Waals surface area (Å²) in [5.74, 6) is -3.70. The van der Waals surface area contributed by atoms with Gasteiger partial charge in [0.15, 0.2) is 0 Å². The highest BCUT2D eigenvalue weighted by Gasteiger charge is 2.26. The van der Waals surface area contributed by atoms with E-state index in [9.17, 15) is 13.6 Å². The minimum absolute atomic E-state index is 0.186. The Kier molecular flexibility index (Phi) is 5.29. The molecule has 0 aliphatic rings. The Hall–Kier alpha value is -2.34. The van der Waals surface area contributed by atoms with Crippen LogP contribution in [0.25, 0.3) is 11.3 Å². The van der Waals surface area contributed by atoms with Crippen LogP contribution in [0.5, 0.6) is 0 Å². The van der Waals surface area contributed by atoms with E-state index in [0.29, 0.717) is 17.5 Å². The van der Waals surface area contributed by atoms with Gasteiger partial charge in [-0.25, -0.2) is 4.79 Å². The molecule has 0 aliphatic heterocycles. The molecule has 0 aliphatic carbocycles. The van der Waals surface area contributed by atoms with Crippen LogP contribution in [-0.2, 0) is 4.74 Å². The largest absolute Gasteiger partial charge is 0.465 e. The number of halogens is 3. The first-order chi connectivity index (χ1) is 11.2. The van der Waals surface area contributed by atoms with Gasteiger partial charge in [0, 0.05) is 30.8 Å². The topological polar surface area (TPSA) is 42.2 Å². The molecule has 0 N–H and O–H groups in total. The maximum atomic E-state index is 13.2. The number of rotatable bonds is 4. The standard InChI is InChI=1S/C17H16ClF2N2O2/c1-11-4-5-15(21-9-11)12-6-13(16(23)24-3)8-14(7-12)22(18)10-17(2,19)20/h4-10H,1-3H3/q+1. The van der Waals surface area contributed by atoms with E-state index in [1.807, 2.05) is 13.0 Å². The number of aromatic nitrogens is 1. The van der Waals surface area contributed by atoms with Gasteiger partial charge in [0.25, 0.3) is 11.8 Å². The zero-order valence-electron chi connectivity index (χ0n) is 13.4. The lowest BCUT2D eigenvalue weighted by atomic mass is 10.1. The van der Waals surface area contributed by atoms with Crippen molar-refractivity contribution in [2.45, 2.75) is 19.8 Å². The fraction of sp³-hybridized carbons (Fsp3) is 0.235. The van der Waals surface area contributed by atoms with Gasteiger partial charge in [-0.3, -0.25) is 4.98 Å². The number of carbonyl (C=O) groups is 1. The van der Waals surface area contributed by atoms with Gasteiger partial charge in [-0.1, -0.05) is 10.2 Å². The molecule has 7 heteroatoms. The van der Waals surface area contributed by atoms with Crippen molar-refractivity contribution >= 4 is 29.6 Å². The number of aryl methyl sites for hydroxylation is 1. The summed E-state index contributed by atoms with van der Waals surface area (Å²) in [5, 5.41) is 0. The molecule has 1 aromatic heterocycles. The highest BCUT2D eigenvalue weighted by Crippen LogP contribution is 2.27. The number of pyridine rings is 1. The van der Waals surface area contributed by atoms with Gasteiger partial charge in [0.1, 0.15) is 0 Å². The van der Waals surface area contributed by atoms with Crippen LogP contribution < -0.4 is 0 Å². The summed E-state index contributed by atoms with van der Waals surface area (Å²) < 4.78 is 31.8. The van der Waals surface area contributed by atoms with Crippen molar-refractivity contribution in [3.05, 3.63) is 47.7 Å². The second-order valence-corrected chi connectivity index (χ2v) is 5.74. The Morgan fingerprint density at radius 3 is 2.58 bits per heavy atom. The summed E-state index contributed by atoms with van der Waals surface area (Å²) in [6.45, 7) is 2.61.